The minimum Gasteiger partial charge on any atom is -0.396 e. The molecule has 1 N–H and O–H groups in total. The van der Waals surface area contributed by atoms with Crippen molar-refractivity contribution in [2.24, 2.45) is 23.7 Å². The van der Waals surface area contributed by atoms with Crippen LogP contribution in [0.15, 0.2) is 0 Å². The lowest BCUT2D eigenvalue weighted by Crippen LogP contribution is -2.70. The Hall–Kier alpha value is -0.240. The highest BCUT2D eigenvalue weighted by molar-refractivity contribution is 5.09. The van der Waals surface area contributed by atoms with E-state index in [4.69, 9.17) is 29.1 Å². The fraction of sp³-hybridized carbons (Fsp3) is 1.00. The lowest BCUT2D eigenvalue weighted by Gasteiger charge is -2.60. The minimum atomic E-state index is -0.721. The first-order valence-corrected chi connectivity index (χ1v) is 13.9. The zero-order valence-electron chi connectivity index (χ0n) is 21.3. The Bertz CT molecular complexity index is 601. The van der Waals surface area contributed by atoms with Gasteiger partial charge in [0.05, 0.1) is 0 Å². The van der Waals surface area contributed by atoms with Crippen LogP contribution in [0.5, 0.6) is 0 Å². The third kappa shape index (κ3) is 5.62. The number of hydrogen-bond acceptors (Lipinski definition) is 6. The molecule has 1 aliphatic carbocycles. The Kier molecular flexibility index (Phi) is 9.13. The van der Waals surface area contributed by atoms with E-state index in [1.165, 1.54) is 57.8 Å². The Balaban J connectivity index is 1.20. The van der Waals surface area contributed by atoms with Crippen molar-refractivity contribution in [3.05, 3.63) is 0 Å². The maximum Gasteiger partial charge on any atom is 0.201 e. The molecule has 6 nitrogen and oxygen atoms in total. The molecule has 5 fully saturated rings. The molecule has 0 aromatic rings. The van der Waals surface area contributed by atoms with Crippen LogP contribution in [-0.2, 0) is 24.0 Å². The number of ether oxygens (including phenoxy) is 3. The molecule has 0 aromatic carbocycles. The number of fused-ring (bicyclic) bond motifs is 2. The second kappa shape index (κ2) is 11.7. The minimum absolute atomic E-state index is 0.231. The van der Waals surface area contributed by atoms with Gasteiger partial charge >= 0.3 is 0 Å². The fourth-order valence-corrected chi connectivity index (χ4v) is 6.89. The summed E-state index contributed by atoms with van der Waals surface area (Å²) < 4.78 is 19.2. The summed E-state index contributed by atoms with van der Waals surface area (Å²) in [6.45, 7) is 7.67. The Morgan fingerprint density at radius 2 is 1.48 bits per heavy atom. The summed E-state index contributed by atoms with van der Waals surface area (Å²) in [7, 11) is 0. The monoisotopic (exact) mass is 468 g/mol. The summed E-state index contributed by atoms with van der Waals surface area (Å²) in [5.41, 5.74) is -0.495. The van der Waals surface area contributed by atoms with Gasteiger partial charge in [0, 0.05) is 31.5 Å². The van der Waals surface area contributed by atoms with E-state index in [1.807, 2.05) is 6.92 Å². The average molecular weight is 469 g/mol. The van der Waals surface area contributed by atoms with Crippen molar-refractivity contribution >= 4 is 0 Å². The van der Waals surface area contributed by atoms with Gasteiger partial charge in [0.2, 0.25) is 5.79 Å². The lowest BCUT2D eigenvalue weighted by molar-refractivity contribution is -0.577. The van der Waals surface area contributed by atoms with Crippen molar-refractivity contribution in [1.82, 2.24) is 0 Å². The van der Waals surface area contributed by atoms with E-state index in [1.54, 1.807) is 0 Å². The molecule has 4 heterocycles. The molecule has 4 saturated heterocycles. The summed E-state index contributed by atoms with van der Waals surface area (Å²) >= 11 is 0. The Morgan fingerprint density at radius 1 is 0.818 bits per heavy atom. The number of aliphatic hydroxyl groups excluding tert-OH is 1. The van der Waals surface area contributed by atoms with Crippen LogP contribution >= 0.6 is 0 Å². The maximum atomic E-state index is 8.82. The van der Waals surface area contributed by atoms with E-state index >= 15 is 0 Å². The largest absolute Gasteiger partial charge is 0.396 e. The SMILES string of the molecule is C[C@H]1[C@@H](OCCCCCCCCCCCCO)O[C@@H]2O[C@@]3(C)CC[C@H]4[C@H](C)CC[C@@H]1[C@@]24OO3. The Labute approximate surface area is 200 Å². The molecule has 1 spiro atoms. The van der Waals surface area contributed by atoms with Crippen LogP contribution in [0.4, 0.5) is 0 Å². The van der Waals surface area contributed by atoms with Gasteiger partial charge in [-0.1, -0.05) is 65.2 Å². The van der Waals surface area contributed by atoms with Crippen molar-refractivity contribution < 1.29 is 29.1 Å². The highest BCUT2D eigenvalue weighted by Crippen LogP contribution is 2.60. The summed E-state index contributed by atoms with van der Waals surface area (Å²) in [4.78, 5) is 12.1. The van der Waals surface area contributed by atoms with Crippen molar-refractivity contribution in [3.63, 3.8) is 0 Å². The van der Waals surface area contributed by atoms with Gasteiger partial charge < -0.3 is 19.3 Å². The predicted octanol–water partition coefficient (Wildman–Crippen LogP) is 6.10. The third-order valence-corrected chi connectivity index (χ3v) is 8.93. The maximum absolute atomic E-state index is 8.82. The van der Waals surface area contributed by atoms with Gasteiger partial charge in [-0.05, 0) is 50.9 Å². The fourth-order valence-electron chi connectivity index (χ4n) is 6.89. The molecular weight excluding hydrogens is 420 g/mol. The predicted molar refractivity (Wildman–Crippen MR) is 126 cm³/mol. The van der Waals surface area contributed by atoms with Gasteiger partial charge in [0.25, 0.3) is 0 Å². The first kappa shape index (κ1) is 25.8. The molecule has 0 aromatic heterocycles. The number of hydrogen-bond donors (Lipinski definition) is 1. The number of aliphatic hydroxyl groups is 1. The zero-order valence-corrected chi connectivity index (χ0v) is 21.3. The first-order valence-electron chi connectivity index (χ1n) is 13.9. The van der Waals surface area contributed by atoms with E-state index in [-0.39, 0.29) is 12.2 Å². The normalized spacial score (nSPS) is 42.2. The summed E-state index contributed by atoms with van der Waals surface area (Å²) in [5, 5.41) is 8.82. The molecule has 0 unspecified atom stereocenters. The van der Waals surface area contributed by atoms with Crippen LogP contribution in [0.3, 0.4) is 0 Å². The topological polar surface area (TPSA) is 66.4 Å². The van der Waals surface area contributed by atoms with Gasteiger partial charge in [-0.3, -0.25) is 0 Å². The van der Waals surface area contributed by atoms with Crippen LogP contribution in [0, 0.1) is 23.7 Å². The number of rotatable bonds is 13. The van der Waals surface area contributed by atoms with Gasteiger partial charge in [0.15, 0.2) is 18.2 Å². The molecule has 33 heavy (non-hydrogen) atoms. The van der Waals surface area contributed by atoms with Gasteiger partial charge in [-0.15, -0.1) is 0 Å². The van der Waals surface area contributed by atoms with Crippen LogP contribution in [0.1, 0.15) is 111 Å². The second-order valence-corrected chi connectivity index (χ2v) is 11.4. The average Bonchev–Trinajstić information content (AvgIpc) is 3.03. The molecule has 2 bridgehead atoms. The van der Waals surface area contributed by atoms with E-state index in [0.29, 0.717) is 24.4 Å². The van der Waals surface area contributed by atoms with Gasteiger partial charge in [-0.25, -0.2) is 9.78 Å². The molecular formula is C27H48O6. The van der Waals surface area contributed by atoms with Crippen LogP contribution in [0.2, 0.25) is 0 Å². The molecule has 4 aliphatic heterocycles. The van der Waals surface area contributed by atoms with E-state index < -0.39 is 17.7 Å². The van der Waals surface area contributed by atoms with Gasteiger partial charge in [0.1, 0.15) is 0 Å². The van der Waals surface area contributed by atoms with E-state index in [0.717, 1.165) is 38.7 Å². The molecule has 0 radical (unpaired) electrons. The van der Waals surface area contributed by atoms with Crippen LogP contribution in [-0.4, -0.2) is 42.3 Å². The molecule has 0 amide bonds. The molecule has 192 valence electrons. The van der Waals surface area contributed by atoms with Crippen molar-refractivity contribution in [3.8, 4) is 0 Å². The Morgan fingerprint density at radius 3 is 2.18 bits per heavy atom. The quantitative estimate of drug-likeness (QED) is 0.260. The third-order valence-electron chi connectivity index (χ3n) is 8.93. The van der Waals surface area contributed by atoms with Crippen molar-refractivity contribution in [1.29, 1.82) is 0 Å². The summed E-state index contributed by atoms with van der Waals surface area (Å²) in [5.74, 6) is 0.870. The van der Waals surface area contributed by atoms with Crippen LogP contribution in [0.25, 0.3) is 0 Å². The molecule has 8 atom stereocenters. The second-order valence-electron chi connectivity index (χ2n) is 11.4. The summed E-state index contributed by atoms with van der Waals surface area (Å²) in [6.07, 6.45) is 15.8. The molecule has 6 heteroatoms. The molecule has 1 saturated carbocycles. The van der Waals surface area contributed by atoms with Crippen molar-refractivity contribution in [2.75, 3.05) is 13.2 Å². The van der Waals surface area contributed by atoms with Crippen LogP contribution < -0.4 is 0 Å². The highest BCUT2D eigenvalue weighted by Gasteiger charge is 2.69. The summed E-state index contributed by atoms with van der Waals surface area (Å²) in [6, 6.07) is 0. The smallest absolute Gasteiger partial charge is 0.201 e. The highest BCUT2D eigenvalue weighted by atomic mass is 17.3. The standard InChI is InChI=1S/C27H48O6/c1-20-14-15-23-21(2)24(29-19-13-11-9-7-5-4-6-8-10-12-18-28)30-25-27(23)22(20)16-17-26(3,31-25)32-33-27/h20-25,28H,4-19H2,1-3H3/t20-,21-,22+,23+,24+,25-,26-,27-/m1/s1. The van der Waals surface area contributed by atoms with Gasteiger partial charge in [-0.2, -0.15) is 0 Å². The zero-order chi connectivity index (χ0) is 23.3. The number of unbranched alkanes of at least 4 members (excludes halogenated alkanes) is 9. The molecule has 5 aliphatic rings. The first-order chi connectivity index (χ1) is 16.0. The van der Waals surface area contributed by atoms with E-state index in [9.17, 15) is 0 Å². The van der Waals surface area contributed by atoms with E-state index in [2.05, 4.69) is 13.8 Å². The molecule has 5 rings (SSSR count). The lowest BCUT2D eigenvalue weighted by atomic mass is 9.58. The van der Waals surface area contributed by atoms with Crippen molar-refractivity contribution in [2.45, 2.75) is 135 Å².